The number of methoxy groups -OCH3 is 1. The molecule has 0 saturated heterocycles. The van der Waals surface area contributed by atoms with E-state index in [1.807, 2.05) is 0 Å². The minimum Gasteiger partial charge on any atom is -0.466 e. The topological polar surface area (TPSA) is 35.5 Å². The number of hydrogen-bond acceptors (Lipinski definition) is 3. The monoisotopic (exact) mass is 248 g/mol. The van der Waals surface area contributed by atoms with Crippen LogP contribution in [0.25, 0.3) is 0 Å². The van der Waals surface area contributed by atoms with Crippen molar-refractivity contribution in [2.24, 2.45) is 0 Å². The van der Waals surface area contributed by atoms with Gasteiger partial charge in [-0.05, 0) is 6.42 Å². The molecule has 1 aliphatic rings. The molecule has 8 heteroatoms. The Labute approximate surface area is 128 Å². The zero-order valence-corrected chi connectivity index (χ0v) is 11.7. The molecule has 0 N–H and O–H groups in total. The summed E-state index contributed by atoms with van der Waals surface area (Å²) in [6.07, 6.45) is -0.270. The summed E-state index contributed by atoms with van der Waals surface area (Å²) in [7, 11) is 1.05. The number of rotatable bonds is 2. The average Bonchev–Trinajstić information content (AvgIpc) is 2.15. The Balaban J connectivity index is 0.00000196. The molecule has 0 bridgehead atoms. The van der Waals surface area contributed by atoms with E-state index in [-0.39, 0.29) is 71.0 Å². The molecule has 0 atom stereocenters. The first-order valence-corrected chi connectivity index (χ1v) is 4.04. The van der Waals surface area contributed by atoms with Crippen LogP contribution in [-0.2, 0) is 14.3 Å². The zero-order chi connectivity index (χ0) is 10.8. The third-order valence-corrected chi connectivity index (χ3v) is 1.98. The summed E-state index contributed by atoms with van der Waals surface area (Å²) in [5.74, 6) is -0.959. The van der Waals surface area contributed by atoms with Crippen molar-refractivity contribution in [3.05, 3.63) is 11.0 Å². The Kier molecular flexibility index (Phi) is 6.69. The standard InChI is InChI=1S/C7H9BF3O3.K/c1-13-7(12)5-4-14-3-2-6(5)8(9,10)11;/h2-4H2,1H3;/q-1;+1. The number of halogens is 3. The molecule has 0 aromatic heterocycles. The van der Waals surface area contributed by atoms with Crippen molar-refractivity contribution >= 4 is 12.9 Å². The summed E-state index contributed by atoms with van der Waals surface area (Å²) in [5.41, 5.74) is -1.17. The molecule has 0 fully saturated rings. The second-order valence-electron chi connectivity index (χ2n) is 2.87. The van der Waals surface area contributed by atoms with E-state index in [0.717, 1.165) is 7.11 Å². The Bertz CT molecular complexity index is 277. The van der Waals surface area contributed by atoms with Gasteiger partial charge in [0, 0.05) is 12.2 Å². The summed E-state index contributed by atoms with van der Waals surface area (Å²) in [6, 6.07) is 0. The minimum atomic E-state index is -5.12. The number of carbonyl (C=O) groups is 1. The number of carbonyl (C=O) groups excluding carboxylic acids is 1. The summed E-state index contributed by atoms with van der Waals surface area (Å²) in [4.78, 5) is 11.0. The Morgan fingerprint density at radius 2 is 2.07 bits per heavy atom. The van der Waals surface area contributed by atoms with Gasteiger partial charge in [0.1, 0.15) is 0 Å². The predicted octanol–water partition coefficient (Wildman–Crippen LogP) is -1.73. The molecular formula is C7H9BF3KO3. The summed E-state index contributed by atoms with van der Waals surface area (Å²) in [6.45, 7) is -5.44. The number of esters is 1. The Morgan fingerprint density at radius 3 is 2.53 bits per heavy atom. The van der Waals surface area contributed by atoms with Gasteiger partial charge < -0.3 is 22.4 Å². The van der Waals surface area contributed by atoms with Crippen LogP contribution in [0.3, 0.4) is 0 Å². The maximum Gasteiger partial charge on any atom is 1.00 e. The summed E-state index contributed by atoms with van der Waals surface area (Å²) in [5, 5.41) is 0. The fraction of sp³-hybridized carbons (Fsp3) is 0.571. The first-order valence-electron chi connectivity index (χ1n) is 4.04. The van der Waals surface area contributed by atoms with Crippen molar-refractivity contribution in [1.82, 2.24) is 0 Å². The van der Waals surface area contributed by atoms with Gasteiger partial charge in [-0.15, -0.1) is 5.47 Å². The van der Waals surface area contributed by atoms with E-state index in [4.69, 9.17) is 4.74 Å². The second kappa shape index (κ2) is 6.41. The van der Waals surface area contributed by atoms with Crippen LogP contribution in [0, 0.1) is 0 Å². The molecule has 3 nitrogen and oxygen atoms in total. The molecule has 1 heterocycles. The SMILES string of the molecule is COC(=O)C1=C([B-](F)(F)F)CCOC1.[K+]. The minimum absolute atomic E-state index is 0. The molecule has 1 rings (SSSR count). The van der Waals surface area contributed by atoms with E-state index in [2.05, 4.69) is 4.74 Å². The van der Waals surface area contributed by atoms with Crippen LogP contribution in [0.1, 0.15) is 6.42 Å². The molecule has 15 heavy (non-hydrogen) atoms. The van der Waals surface area contributed by atoms with Gasteiger partial charge in [-0.3, -0.25) is 0 Å². The molecule has 0 aliphatic carbocycles. The van der Waals surface area contributed by atoms with Crippen molar-refractivity contribution in [1.29, 1.82) is 0 Å². The van der Waals surface area contributed by atoms with Crippen LogP contribution in [0.4, 0.5) is 12.9 Å². The molecule has 0 unspecified atom stereocenters. The van der Waals surface area contributed by atoms with Crippen molar-refractivity contribution < 1.29 is 78.6 Å². The van der Waals surface area contributed by atoms with Crippen LogP contribution in [0.2, 0.25) is 0 Å². The van der Waals surface area contributed by atoms with Gasteiger partial charge in [0.05, 0.1) is 13.7 Å². The van der Waals surface area contributed by atoms with Gasteiger partial charge in [-0.1, -0.05) is 0 Å². The van der Waals surface area contributed by atoms with E-state index in [9.17, 15) is 17.7 Å². The molecule has 0 amide bonds. The average molecular weight is 248 g/mol. The molecule has 0 saturated carbocycles. The Hall–Kier alpha value is 0.661. The third-order valence-electron chi connectivity index (χ3n) is 1.98. The smallest absolute Gasteiger partial charge is 0.466 e. The summed E-state index contributed by atoms with van der Waals surface area (Å²) >= 11 is 0. The van der Waals surface area contributed by atoms with Crippen molar-refractivity contribution in [3.63, 3.8) is 0 Å². The fourth-order valence-electron chi connectivity index (χ4n) is 1.27. The molecular weight excluding hydrogens is 239 g/mol. The molecule has 0 radical (unpaired) electrons. The first-order chi connectivity index (χ1) is 6.46. The Morgan fingerprint density at radius 1 is 1.47 bits per heavy atom. The van der Waals surface area contributed by atoms with Crippen LogP contribution >= 0.6 is 0 Å². The van der Waals surface area contributed by atoms with E-state index < -0.39 is 24.0 Å². The van der Waals surface area contributed by atoms with Crippen LogP contribution in [0.5, 0.6) is 0 Å². The first kappa shape index (κ1) is 15.7. The molecule has 0 aromatic rings. The maximum absolute atomic E-state index is 12.4. The molecule has 0 spiro atoms. The summed E-state index contributed by atoms with van der Waals surface area (Å²) < 4.78 is 46.3. The van der Waals surface area contributed by atoms with Crippen molar-refractivity contribution in [3.8, 4) is 0 Å². The van der Waals surface area contributed by atoms with Gasteiger partial charge in [-0.25, -0.2) is 4.79 Å². The fourth-order valence-corrected chi connectivity index (χ4v) is 1.27. The van der Waals surface area contributed by atoms with Crippen LogP contribution in [0.15, 0.2) is 11.0 Å². The number of hydrogen-bond donors (Lipinski definition) is 0. The van der Waals surface area contributed by atoms with E-state index in [1.54, 1.807) is 0 Å². The van der Waals surface area contributed by atoms with Gasteiger partial charge in [0.15, 0.2) is 0 Å². The van der Waals surface area contributed by atoms with E-state index >= 15 is 0 Å². The van der Waals surface area contributed by atoms with Crippen molar-refractivity contribution in [2.75, 3.05) is 20.3 Å². The quantitative estimate of drug-likeness (QED) is 0.430. The second-order valence-corrected chi connectivity index (χ2v) is 2.87. The maximum atomic E-state index is 12.4. The molecule has 0 aromatic carbocycles. The zero-order valence-electron chi connectivity index (χ0n) is 8.56. The third kappa shape index (κ3) is 4.20. The molecule has 80 valence electrons. The largest absolute Gasteiger partial charge is 1.00 e. The van der Waals surface area contributed by atoms with E-state index in [0.29, 0.717) is 0 Å². The van der Waals surface area contributed by atoms with Gasteiger partial charge in [-0.2, -0.15) is 0 Å². The molecule has 1 aliphatic heterocycles. The number of ether oxygens (including phenoxy) is 2. The van der Waals surface area contributed by atoms with Gasteiger partial charge >= 0.3 is 64.3 Å². The van der Waals surface area contributed by atoms with Gasteiger partial charge in [0.25, 0.3) is 0 Å². The van der Waals surface area contributed by atoms with Crippen LogP contribution < -0.4 is 51.4 Å². The van der Waals surface area contributed by atoms with Crippen molar-refractivity contribution in [2.45, 2.75) is 6.42 Å². The normalized spacial score (nSPS) is 17.1. The van der Waals surface area contributed by atoms with Gasteiger partial charge in [0.2, 0.25) is 0 Å². The van der Waals surface area contributed by atoms with E-state index in [1.165, 1.54) is 0 Å². The predicted molar refractivity (Wildman–Crippen MR) is 43.6 cm³/mol. The van der Waals surface area contributed by atoms with Crippen LogP contribution in [-0.4, -0.2) is 33.3 Å².